The maximum Gasteiger partial charge on any atom is 0.149 e. The van der Waals surface area contributed by atoms with Crippen LogP contribution in [0.2, 0.25) is 0 Å². The fourth-order valence-corrected chi connectivity index (χ4v) is 2.95. The average Bonchev–Trinajstić information content (AvgIpc) is 2.85. The Morgan fingerprint density at radius 1 is 1.29 bits per heavy atom. The number of rotatable bonds is 3. The molecule has 0 unspecified atom stereocenters. The normalized spacial score (nSPS) is 10.8. The molecule has 0 bridgehead atoms. The Labute approximate surface area is 165 Å². The molecule has 2 aromatic rings. The number of aromatic nitrogens is 1. The zero-order valence-corrected chi connectivity index (χ0v) is 17.6. The van der Waals surface area contributed by atoms with E-state index in [1.54, 1.807) is 0 Å². The highest BCUT2D eigenvalue weighted by molar-refractivity contribution is 14.3. The summed E-state index contributed by atoms with van der Waals surface area (Å²) in [5.41, 5.74) is 4.87. The zero-order valence-electron chi connectivity index (χ0n) is 11.1. The Hall–Kier alpha value is -0.390. The molecule has 106 valence electrons. The second kappa shape index (κ2) is 6.80. The smallest absolute Gasteiger partial charge is 0.149 e. The fourth-order valence-electron chi connectivity index (χ4n) is 2.01. The molecule has 21 heavy (non-hydrogen) atoms. The summed E-state index contributed by atoms with van der Waals surface area (Å²) in [5.74, 6) is 5.04. The van der Waals surface area contributed by atoms with Crippen LogP contribution in [-0.2, 0) is -0.565 Å². The predicted molar refractivity (Wildman–Crippen MR) is 117 cm³/mol. The van der Waals surface area contributed by atoms with Crippen molar-refractivity contribution in [2.24, 2.45) is 0 Å². The lowest BCUT2D eigenvalue weighted by atomic mass is 10.1. The van der Waals surface area contributed by atoms with E-state index in [2.05, 4.69) is 102 Å². The van der Waals surface area contributed by atoms with Crippen molar-refractivity contribution in [2.75, 3.05) is 12.4 Å². The van der Waals surface area contributed by atoms with E-state index in [9.17, 15) is 0 Å². The lowest BCUT2D eigenvalue weighted by molar-refractivity contribution is 1.40. The van der Waals surface area contributed by atoms with Gasteiger partial charge in [0.1, 0.15) is -0.565 Å². The van der Waals surface area contributed by atoms with Crippen LogP contribution < -0.4 is 5.32 Å². The van der Waals surface area contributed by atoms with E-state index < -0.39 is 0 Å². The molecule has 1 heterocycles. The molecule has 0 radical (unpaired) electrons. The number of terminal acetylenes is 2. The summed E-state index contributed by atoms with van der Waals surface area (Å²) in [4.78, 5) is 3.29. The third kappa shape index (κ3) is 3.69. The van der Waals surface area contributed by atoms with Gasteiger partial charge in [-0.05, 0) is 91.5 Å². The number of anilines is 1. The van der Waals surface area contributed by atoms with Gasteiger partial charge in [-0.3, -0.25) is 0 Å². The molecule has 2 nitrogen and oxygen atoms in total. The van der Waals surface area contributed by atoms with E-state index in [0.29, 0.717) is 5.57 Å². The van der Waals surface area contributed by atoms with Crippen LogP contribution in [0.1, 0.15) is 11.1 Å². The Balaban J connectivity index is 2.75. The van der Waals surface area contributed by atoms with Crippen molar-refractivity contribution in [3.63, 3.8) is 0 Å². The summed E-state index contributed by atoms with van der Waals surface area (Å²) in [6, 6.07) is 4.33. The van der Waals surface area contributed by atoms with Gasteiger partial charge in [0.05, 0.1) is 16.8 Å². The first-order valence-electron chi connectivity index (χ1n) is 5.95. The van der Waals surface area contributed by atoms with E-state index in [1.807, 2.05) is 19.3 Å². The number of alkyl halides is 3. The highest BCUT2D eigenvalue weighted by Gasteiger charge is 2.22. The minimum Gasteiger partial charge on any atom is -0.386 e. The van der Waals surface area contributed by atoms with Gasteiger partial charge in [-0.2, -0.15) is 0 Å². The summed E-state index contributed by atoms with van der Waals surface area (Å²) in [5, 5.41) is 4.34. The van der Waals surface area contributed by atoms with Gasteiger partial charge in [0, 0.05) is 24.2 Å². The van der Waals surface area contributed by atoms with Gasteiger partial charge in [-0.15, -0.1) is 12.8 Å². The molecule has 0 saturated heterocycles. The van der Waals surface area contributed by atoms with Crippen molar-refractivity contribution >= 4 is 90.4 Å². The summed E-state index contributed by atoms with van der Waals surface area (Å²) < 4.78 is -0.0214. The quantitative estimate of drug-likeness (QED) is 0.276. The number of nitrogens with one attached hydrogen (secondary N) is 2. The molecule has 0 fully saturated rings. The van der Waals surface area contributed by atoms with Crippen molar-refractivity contribution in [3.05, 3.63) is 35.0 Å². The summed E-state index contributed by atoms with van der Waals surface area (Å²) in [6.45, 7) is 0. The molecule has 2 rings (SSSR count). The molecule has 0 aliphatic carbocycles. The van der Waals surface area contributed by atoms with Crippen LogP contribution in [0.25, 0.3) is 17.0 Å². The van der Waals surface area contributed by atoms with Crippen LogP contribution in [0.3, 0.4) is 0 Å². The molecule has 0 atom stereocenters. The minimum atomic E-state index is -0.0214. The number of fused-ring (bicyclic) bond motifs is 1. The maximum atomic E-state index is 5.41. The van der Waals surface area contributed by atoms with Crippen molar-refractivity contribution in [2.45, 2.75) is -0.565 Å². The number of aromatic amines is 1. The molecule has 1 aromatic carbocycles. The lowest BCUT2D eigenvalue weighted by Crippen LogP contribution is -1.99. The van der Waals surface area contributed by atoms with Crippen LogP contribution in [0.5, 0.6) is 0 Å². The molecule has 5 heteroatoms. The maximum absolute atomic E-state index is 5.41. The van der Waals surface area contributed by atoms with E-state index in [4.69, 9.17) is 12.8 Å². The second-order valence-electron chi connectivity index (χ2n) is 4.28. The largest absolute Gasteiger partial charge is 0.386 e. The molecule has 0 aliphatic rings. The Kier molecular flexibility index (Phi) is 5.49. The van der Waals surface area contributed by atoms with Crippen molar-refractivity contribution < 1.29 is 0 Å². The fraction of sp³-hybridized carbons (Fsp3) is 0.125. The monoisotopic (exact) mass is 612 g/mol. The number of benzene rings is 1. The highest BCUT2D eigenvalue weighted by atomic mass is 127. The van der Waals surface area contributed by atoms with Crippen LogP contribution in [-0.4, -0.2) is 12.0 Å². The topological polar surface area (TPSA) is 27.8 Å². The van der Waals surface area contributed by atoms with Gasteiger partial charge in [0.2, 0.25) is 0 Å². The average molecular weight is 612 g/mol. The Morgan fingerprint density at radius 3 is 2.48 bits per heavy atom. The summed E-state index contributed by atoms with van der Waals surface area (Å²) >= 11 is 7.24. The lowest BCUT2D eigenvalue weighted by Gasteiger charge is -2.15. The SMILES string of the molecule is C#CC(C#C)=Cc1c[nH]c2c(NC)cc(C(I)(I)I)cc12. The summed E-state index contributed by atoms with van der Waals surface area (Å²) in [7, 11) is 1.92. The molecular formula is C16H11I3N2. The van der Waals surface area contributed by atoms with Crippen molar-refractivity contribution in [3.8, 4) is 24.7 Å². The van der Waals surface area contributed by atoms with Gasteiger partial charge in [0.15, 0.2) is 0 Å². The number of hydrogen-bond acceptors (Lipinski definition) is 1. The van der Waals surface area contributed by atoms with Crippen LogP contribution in [0.15, 0.2) is 23.9 Å². The van der Waals surface area contributed by atoms with Crippen LogP contribution >= 0.6 is 67.8 Å². The Bertz CT molecular complexity index is 780. The van der Waals surface area contributed by atoms with Crippen molar-refractivity contribution in [1.29, 1.82) is 0 Å². The van der Waals surface area contributed by atoms with Gasteiger partial charge < -0.3 is 10.3 Å². The molecule has 0 saturated carbocycles. The van der Waals surface area contributed by atoms with Crippen molar-refractivity contribution in [1.82, 2.24) is 4.98 Å². The number of H-pyrrole nitrogens is 1. The first-order chi connectivity index (χ1) is 9.90. The number of allylic oxidation sites excluding steroid dienone is 1. The van der Waals surface area contributed by atoms with E-state index in [-0.39, 0.29) is -0.565 Å². The van der Waals surface area contributed by atoms with Gasteiger partial charge >= 0.3 is 0 Å². The van der Waals surface area contributed by atoms with Gasteiger partial charge in [0.25, 0.3) is 0 Å². The minimum absolute atomic E-state index is 0.0214. The van der Waals surface area contributed by atoms with E-state index in [1.165, 1.54) is 5.56 Å². The van der Waals surface area contributed by atoms with Gasteiger partial charge in [-0.1, -0.05) is 11.8 Å². The summed E-state index contributed by atoms with van der Waals surface area (Å²) in [6.07, 6.45) is 14.6. The van der Waals surface area contributed by atoms with E-state index in [0.717, 1.165) is 22.2 Å². The first-order valence-corrected chi connectivity index (χ1v) is 9.19. The molecular weight excluding hydrogens is 601 g/mol. The number of halogens is 3. The molecule has 0 amide bonds. The predicted octanol–water partition coefficient (Wildman–Crippen LogP) is 5.27. The molecule has 1 aromatic heterocycles. The third-order valence-electron chi connectivity index (χ3n) is 3.03. The van der Waals surface area contributed by atoms with Crippen LogP contribution in [0.4, 0.5) is 5.69 Å². The van der Waals surface area contributed by atoms with E-state index >= 15 is 0 Å². The molecule has 2 N–H and O–H groups in total. The molecule has 0 spiro atoms. The third-order valence-corrected chi connectivity index (χ3v) is 4.90. The van der Waals surface area contributed by atoms with Gasteiger partial charge in [-0.25, -0.2) is 0 Å². The molecule has 0 aliphatic heterocycles. The van der Waals surface area contributed by atoms with Crippen LogP contribution in [0, 0.1) is 24.7 Å². The zero-order chi connectivity index (χ0) is 15.6. The first kappa shape index (κ1) is 17.0. The Morgan fingerprint density at radius 2 is 1.95 bits per heavy atom. The standard InChI is InChI=1S/C16H11I3N2/c1-4-10(5-2)6-11-9-21-15-13(11)7-12(16(17,18)19)8-14(15)20-3/h1-2,6-9,20-21H,3H3. The highest BCUT2D eigenvalue weighted by Crippen LogP contribution is 2.48. The second-order valence-corrected chi connectivity index (χ2v) is 15.3. The number of hydrogen-bond donors (Lipinski definition) is 2.